The van der Waals surface area contributed by atoms with Gasteiger partial charge in [-0.05, 0) is 37.5 Å². The largest absolute Gasteiger partial charge is 0.416 e. The van der Waals surface area contributed by atoms with Crippen LogP contribution in [0.15, 0.2) is 24.3 Å². The molecule has 0 unspecified atom stereocenters. The lowest BCUT2D eigenvalue weighted by atomic mass is 10.1. The highest BCUT2D eigenvalue weighted by atomic mass is 19.4. The average molecular weight is 300 g/mol. The standard InChI is InChI=1S/C14H15F3N2O2/c15-14(16,17)11-6-4-5-10(9-11)12(20)19-8-3-1-2-7-18-13(19)21/h4-6,9H,1-3,7-8H2,(H,18,21). The number of carbonyl (C=O) groups is 2. The van der Waals surface area contributed by atoms with Gasteiger partial charge in [-0.1, -0.05) is 6.07 Å². The number of imide groups is 1. The zero-order chi connectivity index (χ0) is 15.5. The van der Waals surface area contributed by atoms with Gasteiger partial charge in [-0.15, -0.1) is 0 Å². The Bertz CT molecular complexity index is 543. The van der Waals surface area contributed by atoms with Crippen LogP contribution in [0.25, 0.3) is 0 Å². The van der Waals surface area contributed by atoms with Crippen LogP contribution in [0.1, 0.15) is 35.2 Å². The van der Waals surface area contributed by atoms with Gasteiger partial charge in [0.1, 0.15) is 0 Å². The maximum Gasteiger partial charge on any atom is 0.416 e. The smallest absolute Gasteiger partial charge is 0.338 e. The maximum absolute atomic E-state index is 12.7. The summed E-state index contributed by atoms with van der Waals surface area (Å²) in [5.74, 6) is -0.708. The molecule has 1 saturated heterocycles. The van der Waals surface area contributed by atoms with Crippen LogP contribution in [0.3, 0.4) is 0 Å². The summed E-state index contributed by atoms with van der Waals surface area (Å²) in [5, 5.41) is 2.57. The van der Waals surface area contributed by atoms with Crippen LogP contribution in [0.4, 0.5) is 18.0 Å². The number of urea groups is 1. The van der Waals surface area contributed by atoms with Crippen LogP contribution in [-0.2, 0) is 6.18 Å². The predicted molar refractivity (Wildman–Crippen MR) is 69.7 cm³/mol. The minimum atomic E-state index is -4.52. The molecule has 7 heteroatoms. The van der Waals surface area contributed by atoms with Crippen LogP contribution in [-0.4, -0.2) is 29.9 Å². The van der Waals surface area contributed by atoms with Gasteiger partial charge >= 0.3 is 12.2 Å². The van der Waals surface area contributed by atoms with Crippen LogP contribution in [0.5, 0.6) is 0 Å². The molecular formula is C14H15F3N2O2. The molecule has 2 rings (SSSR count). The Hall–Kier alpha value is -2.05. The number of hydrogen-bond acceptors (Lipinski definition) is 2. The molecule has 1 aliphatic heterocycles. The molecule has 21 heavy (non-hydrogen) atoms. The summed E-state index contributed by atoms with van der Waals surface area (Å²) in [4.78, 5) is 25.1. The zero-order valence-electron chi connectivity index (χ0n) is 11.2. The lowest BCUT2D eigenvalue weighted by molar-refractivity contribution is -0.137. The molecule has 0 radical (unpaired) electrons. The minimum Gasteiger partial charge on any atom is -0.338 e. The Morgan fingerprint density at radius 2 is 1.95 bits per heavy atom. The van der Waals surface area contributed by atoms with Crippen molar-refractivity contribution in [2.24, 2.45) is 0 Å². The minimum absolute atomic E-state index is 0.138. The second-order valence-electron chi connectivity index (χ2n) is 4.83. The Morgan fingerprint density at radius 3 is 2.67 bits per heavy atom. The molecule has 0 aromatic heterocycles. The van der Waals surface area contributed by atoms with E-state index in [1.165, 1.54) is 6.07 Å². The lowest BCUT2D eigenvalue weighted by Crippen LogP contribution is -2.45. The zero-order valence-corrected chi connectivity index (χ0v) is 11.2. The quantitative estimate of drug-likeness (QED) is 0.866. The molecule has 1 heterocycles. The van der Waals surface area contributed by atoms with Crippen molar-refractivity contribution in [3.63, 3.8) is 0 Å². The van der Waals surface area contributed by atoms with Gasteiger partial charge in [0, 0.05) is 18.7 Å². The number of hydrogen-bond donors (Lipinski definition) is 1. The monoisotopic (exact) mass is 300 g/mol. The first-order chi connectivity index (χ1) is 9.89. The molecule has 0 atom stereocenters. The van der Waals surface area contributed by atoms with E-state index in [0.717, 1.165) is 35.9 Å². The topological polar surface area (TPSA) is 49.4 Å². The van der Waals surface area contributed by atoms with E-state index in [1.54, 1.807) is 0 Å². The molecule has 4 nitrogen and oxygen atoms in total. The first kappa shape index (κ1) is 15.3. The molecule has 0 saturated carbocycles. The molecular weight excluding hydrogens is 285 g/mol. The summed E-state index contributed by atoms with van der Waals surface area (Å²) >= 11 is 0. The Labute approximate surface area is 119 Å². The highest BCUT2D eigenvalue weighted by Gasteiger charge is 2.32. The molecule has 1 N–H and O–H groups in total. The average Bonchev–Trinajstić information content (AvgIpc) is 2.42. The summed E-state index contributed by atoms with van der Waals surface area (Å²) in [7, 11) is 0. The molecule has 3 amide bonds. The van der Waals surface area contributed by atoms with Crippen molar-refractivity contribution in [3.05, 3.63) is 35.4 Å². The molecule has 1 fully saturated rings. The van der Waals surface area contributed by atoms with Gasteiger partial charge in [-0.2, -0.15) is 13.2 Å². The van der Waals surface area contributed by atoms with Crippen molar-refractivity contribution in [3.8, 4) is 0 Å². The predicted octanol–water partition coefficient (Wildman–Crippen LogP) is 3.04. The van der Waals surface area contributed by atoms with Crippen molar-refractivity contribution in [1.82, 2.24) is 10.2 Å². The first-order valence-electron chi connectivity index (χ1n) is 6.66. The Kier molecular flexibility index (Phi) is 4.50. The van der Waals surface area contributed by atoms with Gasteiger partial charge in [-0.25, -0.2) is 4.79 Å². The summed E-state index contributed by atoms with van der Waals surface area (Å²) < 4.78 is 38.0. The number of benzene rings is 1. The third-order valence-corrected chi connectivity index (χ3v) is 3.26. The molecule has 1 aromatic carbocycles. The van der Waals surface area contributed by atoms with Gasteiger partial charge in [0.25, 0.3) is 5.91 Å². The second-order valence-corrected chi connectivity index (χ2v) is 4.83. The second kappa shape index (κ2) is 6.15. The molecule has 1 aliphatic rings. The van der Waals surface area contributed by atoms with E-state index in [-0.39, 0.29) is 12.1 Å². The van der Waals surface area contributed by atoms with E-state index in [9.17, 15) is 22.8 Å². The molecule has 0 aliphatic carbocycles. The SMILES string of the molecule is O=C1NCCCCCN1C(=O)c1cccc(C(F)(F)F)c1. The van der Waals surface area contributed by atoms with E-state index >= 15 is 0 Å². The number of halogens is 3. The molecule has 114 valence electrons. The highest BCUT2D eigenvalue weighted by Crippen LogP contribution is 2.29. The van der Waals surface area contributed by atoms with Crippen LogP contribution < -0.4 is 5.32 Å². The fourth-order valence-corrected chi connectivity index (χ4v) is 2.14. The number of carbonyl (C=O) groups excluding carboxylic acids is 2. The lowest BCUT2D eigenvalue weighted by Gasteiger charge is -2.23. The van der Waals surface area contributed by atoms with Gasteiger partial charge in [-0.3, -0.25) is 9.69 Å². The van der Waals surface area contributed by atoms with Crippen LogP contribution in [0, 0.1) is 0 Å². The maximum atomic E-state index is 12.7. The third-order valence-electron chi connectivity index (χ3n) is 3.26. The van der Waals surface area contributed by atoms with Crippen molar-refractivity contribution >= 4 is 11.9 Å². The van der Waals surface area contributed by atoms with Gasteiger partial charge in [0.2, 0.25) is 0 Å². The number of alkyl halides is 3. The van der Waals surface area contributed by atoms with Gasteiger partial charge in [0.15, 0.2) is 0 Å². The van der Waals surface area contributed by atoms with Crippen molar-refractivity contribution < 1.29 is 22.8 Å². The normalized spacial score (nSPS) is 16.9. The summed E-state index contributed by atoms with van der Waals surface area (Å²) in [6.45, 7) is 0.673. The van der Waals surface area contributed by atoms with E-state index in [0.29, 0.717) is 13.0 Å². The van der Waals surface area contributed by atoms with E-state index in [4.69, 9.17) is 0 Å². The van der Waals surface area contributed by atoms with E-state index in [2.05, 4.69) is 5.32 Å². The van der Waals surface area contributed by atoms with Crippen LogP contribution in [0.2, 0.25) is 0 Å². The number of nitrogens with zero attached hydrogens (tertiary/aromatic N) is 1. The Morgan fingerprint density at radius 1 is 1.19 bits per heavy atom. The van der Waals surface area contributed by atoms with Crippen LogP contribution >= 0.6 is 0 Å². The highest BCUT2D eigenvalue weighted by molar-refractivity contribution is 6.04. The molecule has 0 bridgehead atoms. The Balaban J connectivity index is 2.23. The molecule has 0 spiro atoms. The van der Waals surface area contributed by atoms with Crippen molar-refractivity contribution in [2.45, 2.75) is 25.4 Å². The number of nitrogens with one attached hydrogen (secondary N) is 1. The number of rotatable bonds is 1. The van der Waals surface area contributed by atoms with Crippen molar-refractivity contribution in [2.75, 3.05) is 13.1 Å². The fourth-order valence-electron chi connectivity index (χ4n) is 2.14. The van der Waals surface area contributed by atoms with E-state index in [1.807, 2.05) is 0 Å². The number of amides is 3. The summed E-state index contributed by atoms with van der Waals surface area (Å²) in [6, 6.07) is 3.55. The first-order valence-corrected chi connectivity index (χ1v) is 6.66. The van der Waals surface area contributed by atoms with Gasteiger partial charge < -0.3 is 5.32 Å². The van der Waals surface area contributed by atoms with E-state index < -0.39 is 23.7 Å². The summed E-state index contributed by atoms with van der Waals surface area (Å²) in [6.07, 6.45) is -2.18. The fraction of sp³-hybridized carbons (Fsp3) is 0.429. The molecule has 1 aromatic rings. The third kappa shape index (κ3) is 3.74. The summed E-state index contributed by atoms with van der Waals surface area (Å²) in [5.41, 5.74) is -1.04. The van der Waals surface area contributed by atoms with Crippen molar-refractivity contribution in [1.29, 1.82) is 0 Å². The van der Waals surface area contributed by atoms with Gasteiger partial charge in [0.05, 0.1) is 5.56 Å².